The van der Waals surface area contributed by atoms with Gasteiger partial charge in [0.05, 0.1) is 5.92 Å². The topological polar surface area (TPSA) is 62.3 Å². The summed E-state index contributed by atoms with van der Waals surface area (Å²) in [6, 6.07) is 10.3. The maximum absolute atomic E-state index is 13.9. The number of nitrogens with one attached hydrogen (secondary N) is 1. The standard InChI is InChI=1S/C21H24FN3O2/c22-19-8-2-1-7-17(19)14-25-15-18(9-10-20(25)26)21(27)24-12-4-6-16-5-3-11-23-13-16/h1-3,5,7-8,11,13,18H,4,6,9-10,12,14-15H2,(H,24,27)/t18-/m0/s1. The normalized spacial score (nSPS) is 17.0. The molecule has 2 heterocycles. The number of likely N-dealkylation sites (tertiary alicyclic amines) is 1. The molecule has 1 N–H and O–H groups in total. The lowest BCUT2D eigenvalue weighted by molar-refractivity contribution is -0.138. The molecule has 5 nitrogen and oxygen atoms in total. The van der Waals surface area contributed by atoms with E-state index < -0.39 is 0 Å². The van der Waals surface area contributed by atoms with E-state index in [1.165, 1.54) is 6.07 Å². The van der Waals surface area contributed by atoms with E-state index in [9.17, 15) is 14.0 Å². The van der Waals surface area contributed by atoms with Crippen LogP contribution >= 0.6 is 0 Å². The Balaban J connectivity index is 1.47. The van der Waals surface area contributed by atoms with Gasteiger partial charge in [-0.1, -0.05) is 24.3 Å². The van der Waals surface area contributed by atoms with Crippen molar-refractivity contribution in [2.75, 3.05) is 13.1 Å². The first-order chi connectivity index (χ1) is 13.1. The molecule has 1 fully saturated rings. The van der Waals surface area contributed by atoms with E-state index in [4.69, 9.17) is 0 Å². The molecule has 6 heteroatoms. The van der Waals surface area contributed by atoms with Crippen LogP contribution in [0.1, 0.15) is 30.4 Å². The van der Waals surface area contributed by atoms with E-state index in [1.54, 1.807) is 29.3 Å². The lowest BCUT2D eigenvalue weighted by Gasteiger charge is -2.32. The second kappa shape index (κ2) is 9.26. The van der Waals surface area contributed by atoms with E-state index in [2.05, 4.69) is 10.3 Å². The number of rotatable bonds is 7. The summed E-state index contributed by atoms with van der Waals surface area (Å²) in [6.45, 7) is 1.13. The second-order valence-electron chi connectivity index (χ2n) is 6.86. The summed E-state index contributed by atoms with van der Waals surface area (Å²) in [4.78, 5) is 30.3. The van der Waals surface area contributed by atoms with Crippen molar-refractivity contribution in [3.05, 3.63) is 65.7 Å². The third-order valence-electron chi connectivity index (χ3n) is 4.85. The van der Waals surface area contributed by atoms with Gasteiger partial charge in [-0.2, -0.15) is 0 Å². The van der Waals surface area contributed by atoms with Crippen LogP contribution in [0, 0.1) is 11.7 Å². The molecule has 0 radical (unpaired) electrons. The Morgan fingerprint density at radius 2 is 2.11 bits per heavy atom. The predicted molar refractivity (Wildman–Crippen MR) is 100 cm³/mol. The molecule has 1 saturated heterocycles. The number of halogens is 1. The summed E-state index contributed by atoms with van der Waals surface area (Å²) in [5, 5.41) is 2.96. The lowest BCUT2D eigenvalue weighted by Crippen LogP contribution is -2.45. The molecule has 2 aromatic rings. The number of aromatic nitrogens is 1. The molecule has 0 aliphatic carbocycles. The minimum Gasteiger partial charge on any atom is -0.356 e. The van der Waals surface area contributed by atoms with Crippen LogP contribution in [0.5, 0.6) is 0 Å². The fraction of sp³-hybridized carbons (Fsp3) is 0.381. The van der Waals surface area contributed by atoms with Gasteiger partial charge in [-0.15, -0.1) is 0 Å². The lowest BCUT2D eigenvalue weighted by atomic mass is 9.96. The summed E-state index contributed by atoms with van der Waals surface area (Å²) in [7, 11) is 0. The van der Waals surface area contributed by atoms with Crippen molar-refractivity contribution in [3.63, 3.8) is 0 Å². The Morgan fingerprint density at radius 1 is 1.26 bits per heavy atom. The second-order valence-corrected chi connectivity index (χ2v) is 6.86. The zero-order valence-electron chi connectivity index (χ0n) is 15.2. The molecule has 3 rings (SSSR count). The SMILES string of the molecule is O=C(NCCCc1cccnc1)[C@H]1CCC(=O)N(Cc2ccccc2F)C1. The van der Waals surface area contributed by atoms with Crippen molar-refractivity contribution in [1.29, 1.82) is 0 Å². The Kier molecular flexibility index (Phi) is 6.52. The highest BCUT2D eigenvalue weighted by Crippen LogP contribution is 2.21. The Labute approximate surface area is 158 Å². The fourth-order valence-corrected chi connectivity index (χ4v) is 3.31. The van der Waals surface area contributed by atoms with Crippen molar-refractivity contribution in [3.8, 4) is 0 Å². The van der Waals surface area contributed by atoms with Crippen LogP contribution in [0.15, 0.2) is 48.8 Å². The van der Waals surface area contributed by atoms with Crippen LogP contribution in [-0.2, 0) is 22.6 Å². The quantitative estimate of drug-likeness (QED) is 0.764. The molecule has 1 atom stereocenters. The van der Waals surface area contributed by atoms with Crippen LogP contribution in [0.4, 0.5) is 4.39 Å². The Hall–Kier alpha value is -2.76. The molecule has 1 aliphatic rings. The maximum atomic E-state index is 13.9. The first-order valence-corrected chi connectivity index (χ1v) is 9.31. The van der Waals surface area contributed by atoms with Gasteiger partial charge in [0.15, 0.2) is 0 Å². The van der Waals surface area contributed by atoms with E-state index in [-0.39, 0.29) is 30.1 Å². The highest BCUT2D eigenvalue weighted by Gasteiger charge is 2.30. The molecule has 142 valence electrons. The highest BCUT2D eigenvalue weighted by atomic mass is 19.1. The average Bonchev–Trinajstić information content (AvgIpc) is 2.69. The summed E-state index contributed by atoms with van der Waals surface area (Å²) in [6.07, 6.45) is 6.12. The molecule has 0 unspecified atom stereocenters. The fourth-order valence-electron chi connectivity index (χ4n) is 3.31. The van der Waals surface area contributed by atoms with Gasteiger partial charge in [0.1, 0.15) is 5.82 Å². The van der Waals surface area contributed by atoms with Crippen molar-refractivity contribution in [1.82, 2.24) is 15.2 Å². The van der Waals surface area contributed by atoms with Gasteiger partial charge in [0.25, 0.3) is 0 Å². The first kappa shape index (κ1) is 19.0. The largest absolute Gasteiger partial charge is 0.356 e. The van der Waals surface area contributed by atoms with E-state index in [1.807, 2.05) is 18.3 Å². The van der Waals surface area contributed by atoms with Crippen LogP contribution in [0.25, 0.3) is 0 Å². The molecule has 27 heavy (non-hydrogen) atoms. The van der Waals surface area contributed by atoms with Crippen LogP contribution in [0.2, 0.25) is 0 Å². The summed E-state index contributed by atoms with van der Waals surface area (Å²) in [5.74, 6) is -0.633. The molecule has 1 aromatic heterocycles. The van der Waals surface area contributed by atoms with E-state index in [0.717, 1.165) is 18.4 Å². The van der Waals surface area contributed by atoms with Crippen molar-refractivity contribution >= 4 is 11.8 Å². The van der Waals surface area contributed by atoms with Gasteiger partial charge in [0.2, 0.25) is 11.8 Å². The van der Waals surface area contributed by atoms with Gasteiger partial charge < -0.3 is 10.2 Å². The summed E-state index contributed by atoms with van der Waals surface area (Å²) >= 11 is 0. The zero-order valence-corrected chi connectivity index (χ0v) is 15.2. The number of piperidine rings is 1. The molecule has 0 saturated carbocycles. The number of nitrogens with zero attached hydrogens (tertiary/aromatic N) is 2. The van der Waals surface area contributed by atoms with Gasteiger partial charge in [-0.25, -0.2) is 4.39 Å². The molecular weight excluding hydrogens is 345 g/mol. The van der Waals surface area contributed by atoms with E-state index in [0.29, 0.717) is 31.5 Å². The molecule has 0 bridgehead atoms. The number of carbonyl (C=O) groups excluding carboxylic acids is 2. The number of hydrogen-bond donors (Lipinski definition) is 1. The molecule has 2 amide bonds. The first-order valence-electron chi connectivity index (χ1n) is 9.31. The maximum Gasteiger partial charge on any atom is 0.224 e. The number of hydrogen-bond acceptors (Lipinski definition) is 3. The predicted octanol–water partition coefficient (Wildman–Crippen LogP) is 2.71. The summed E-state index contributed by atoms with van der Waals surface area (Å²) in [5.41, 5.74) is 1.62. The number of aryl methyl sites for hydroxylation is 1. The number of carbonyl (C=O) groups is 2. The van der Waals surface area contributed by atoms with Crippen LogP contribution in [-0.4, -0.2) is 34.8 Å². The van der Waals surface area contributed by atoms with Gasteiger partial charge in [-0.3, -0.25) is 14.6 Å². The number of benzene rings is 1. The van der Waals surface area contributed by atoms with Crippen molar-refractivity contribution < 1.29 is 14.0 Å². The smallest absolute Gasteiger partial charge is 0.224 e. The average molecular weight is 369 g/mol. The minimum atomic E-state index is -0.327. The number of pyridine rings is 1. The van der Waals surface area contributed by atoms with Crippen LogP contribution < -0.4 is 5.32 Å². The molecule has 1 aromatic carbocycles. The molecule has 0 spiro atoms. The number of amides is 2. The van der Waals surface area contributed by atoms with Crippen LogP contribution in [0.3, 0.4) is 0 Å². The molecule has 1 aliphatic heterocycles. The molecular formula is C21H24FN3O2. The van der Waals surface area contributed by atoms with Crippen molar-refractivity contribution in [2.45, 2.75) is 32.2 Å². The van der Waals surface area contributed by atoms with Gasteiger partial charge in [0, 0.05) is 44.0 Å². The van der Waals surface area contributed by atoms with Gasteiger partial charge >= 0.3 is 0 Å². The zero-order chi connectivity index (χ0) is 19.1. The highest BCUT2D eigenvalue weighted by molar-refractivity contribution is 5.83. The third-order valence-corrected chi connectivity index (χ3v) is 4.85. The minimum absolute atomic E-state index is 0.0288. The van der Waals surface area contributed by atoms with Crippen molar-refractivity contribution in [2.24, 2.45) is 5.92 Å². The summed E-state index contributed by atoms with van der Waals surface area (Å²) < 4.78 is 13.9. The monoisotopic (exact) mass is 369 g/mol. The van der Waals surface area contributed by atoms with E-state index >= 15 is 0 Å². The third kappa shape index (κ3) is 5.36. The Bertz CT molecular complexity index is 782. The van der Waals surface area contributed by atoms with Gasteiger partial charge in [-0.05, 0) is 37.0 Å². The Morgan fingerprint density at radius 3 is 2.89 bits per heavy atom.